The zero-order valence-electron chi connectivity index (χ0n) is 18.4. The molecule has 162 valence electrons. The fraction of sp³-hybridized carbons (Fsp3) is 0.519. The first-order valence-corrected chi connectivity index (χ1v) is 12.0. The van der Waals surface area contributed by atoms with Crippen molar-refractivity contribution >= 4 is 0 Å². The fourth-order valence-corrected chi connectivity index (χ4v) is 5.71. The number of fused-ring (bicyclic) bond motifs is 3. The van der Waals surface area contributed by atoms with Gasteiger partial charge in [0.2, 0.25) is 0 Å². The quantitative estimate of drug-likeness (QED) is 0.616. The van der Waals surface area contributed by atoms with Crippen molar-refractivity contribution in [2.24, 2.45) is 0 Å². The summed E-state index contributed by atoms with van der Waals surface area (Å²) in [4.78, 5) is 5.23. The van der Waals surface area contributed by atoms with Crippen LogP contribution >= 0.6 is 0 Å². The molecular formula is C27H33N3O. The molecule has 0 spiro atoms. The fourth-order valence-electron chi connectivity index (χ4n) is 5.71. The Bertz CT molecular complexity index is 926. The van der Waals surface area contributed by atoms with Crippen LogP contribution in [0.4, 0.5) is 0 Å². The van der Waals surface area contributed by atoms with Gasteiger partial charge in [0.1, 0.15) is 5.75 Å². The van der Waals surface area contributed by atoms with Gasteiger partial charge in [-0.25, -0.2) is 0 Å². The number of nitrogens with zero attached hydrogens (tertiary/aromatic N) is 3. The van der Waals surface area contributed by atoms with Crippen molar-refractivity contribution in [1.29, 1.82) is 5.26 Å². The Hall–Kier alpha value is -2.35. The third kappa shape index (κ3) is 4.49. The second kappa shape index (κ2) is 9.42. The normalized spacial score (nSPS) is 23.7. The van der Waals surface area contributed by atoms with E-state index >= 15 is 0 Å². The molecule has 31 heavy (non-hydrogen) atoms. The molecule has 2 aromatic carbocycles. The number of likely N-dealkylation sites (tertiary alicyclic amines) is 1. The van der Waals surface area contributed by atoms with Crippen molar-refractivity contribution in [1.82, 2.24) is 9.80 Å². The van der Waals surface area contributed by atoms with E-state index in [4.69, 9.17) is 10.00 Å². The van der Waals surface area contributed by atoms with Crippen LogP contribution in [0.3, 0.4) is 0 Å². The van der Waals surface area contributed by atoms with Gasteiger partial charge in [0.25, 0.3) is 0 Å². The van der Waals surface area contributed by atoms with Crippen molar-refractivity contribution in [2.75, 3.05) is 39.3 Å². The van der Waals surface area contributed by atoms with E-state index in [1.54, 1.807) is 0 Å². The minimum absolute atomic E-state index is 0.366. The molecule has 4 heteroatoms. The Kier molecular flexibility index (Phi) is 6.25. The lowest BCUT2D eigenvalue weighted by molar-refractivity contribution is 0.204. The Morgan fingerprint density at radius 2 is 1.77 bits per heavy atom. The monoisotopic (exact) mass is 415 g/mol. The number of ether oxygens (including phenoxy) is 1. The summed E-state index contributed by atoms with van der Waals surface area (Å²) in [5.41, 5.74) is 4.92. The third-order valence-corrected chi connectivity index (χ3v) is 7.35. The molecule has 3 aliphatic heterocycles. The molecule has 3 heterocycles. The summed E-state index contributed by atoms with van der Waals surface area (Å²) in [5.74, 6) is 1.38. The molecule has 0 bridgehead atoms. The molecule has 0 aromatic heterocycles. The molecule has 2 atom stereocenters. The van der Waals surface area contributed by atoms with Crippen LogP contribution in [-0.4, -0.2) is 49.1 Å². The van der Waals surface area contributed by atoms with Crippen molar-refractivity contribution in [2.45, 2.75) is 50.5 Å². The van der Waals surface area contributed by atoms with Gasteiger partial charge in [-0.05, 0) is 92.7 Å². The summed E-state index contributed by atoms with van der Waals surface area (Å²) in [6.45, 7) is 6.71. The zero-order valence-corrected chi connectivity index (χ0v) is 18.4. The van der Waals surface area contributed by atoms with Crippen LogP contribution in [0.1, 0.15) is 72.7 Å². The lowest BCUT2D eigenvalue weighted by Crippen LogP contribution is -2.34. The van der Waals surface area contributed by atoms with Gasteiger partial charge < -0.3 is 9.64 Å². The van der Waals surface area contributed by atoms with E-state index in [-0.39, 0.29) is 0 Å². The molecule has 3 aliphatic rings. The van der Waals surface area contributed by atoms with E-state index in [0.717, 1.165) is 37.4 Å². The molecule has 2 aromatic rings. The van der Waals surface area contributed by atoms with Gasteiger partial charge in [0, 0.05) is 25.0 Å². The van der Waals surface area contributed by atoms with E-state index in [0.29, 0.717) is 12.0 Å². The first-order valence-electron chi connectivity index (χ1n) is 12.0. The van der Waals surface area contributed by atoms with E-state index in [1.165, 1.54) is 68.4 Å². The van der Waals surface area contributed by atoms with Crippen LogP contribution in [0.5, 0.6) is 5.75 Å². The van der Waals surface area contributed by atoms with Crippen molar-refractivity contribution in [3.63, 3.8) is 0 Å². The minimum Gasteiger partial charge on any atom is -0.494 e. The lowest BCUT2D eigenvalue weighted by atomic mass is 9.81. The van der Waals surface area contributed by atoms with E-state index in [1.807, 2.05) is 12.1 Å². The Labute approximate surface area is 186 Å². The number of hydrogen-bond acceptors (Lipinski definition) is 4. The Morgan fingerprint density at radius 3 is 2.58 bits per heavy atom. The molecule has 0 unspecified atom stereocenters. The highest BCUT2D eigenvalue weighted by Gasteiger charge is 2.36. The average Bonchev–Trinajstić information content (AvgIpc) is 3.31. The maximum atomic E-state index is 9.14. The topological polar surface area (TPSA) is 39.5 Å². The Balaban J connectivity index is 1.30. The van der Waals surface area contributed by atoms with Crippen LogP contribution < -0.4 is 4.74 Å². The number of piperidine rings is 1. The molecule has 0 N–H and O–H groups in total. The minimum atomic E-state index is 0.366. The third-order valence-electron chi connectivity index (χ3n) is 7.35. The predicted molar refractivity (Wildman–Crippen MR) is 123 cm³/mol. The SMILES string of the molecule is N#Cc1ccc([C@@H]2CN3CCC[C@H]3c3cc(OCCCN4CCCCC4)ccc32)cc1. The summed E-state index contributed by atoms with van der Waals surface area (Å²) in [5, 5.41) is 9.14. The molecule has 0 amide bonds. The summed E-state index contributed by atoms with van der Waals surface area (Å²) in [6.07, 6.45) is 7.70. The van der Waals surface area contributed by atoms with Gasteiger partial charge in [-0.3, -0.25) is 4.90 Å². The molecule has 0 aliphatic carbocycles. The highest BCUT2D eigenvalue weighted by atomic mass is 16.5. The van der Waals surface area contributed by atoms with Gasteiger partial charge in [0.15, 0.2) is 0 Å². The van der Waals surface area contributed by atoms with Crippen LogP contribution in [0, 0.1) is 11.3 Å². The van der Waals surface area contributed by atoms with Crippen LogP contribution in [0.2, 0.25) is 0 Å². The van der Waals surface area contributed by atoms with Crippen molar-refractivity contribution in [3.05, 3.63) is 64.7 Å². The second-order valence-corrected chi connectivity index (χ2v) is 9.33. The van der Waals surface area contributed by atoms with E-state index in [9.17, 15) is 0 Å². The van der Waals surface area contributed by atoms with Gasteiger partial charge in [-0.15, -0.1) is 0 Å². The van der Waals surface area contributed by atoms with Gasteiger partial charge in [-0.2, -0.15) is 5.26 Å². The summed E-state index contributed by atoms with van der Waals surface area (Å²) in [6, 6.07) is 17.7. The standard InChI is InChI=1S/C27H33N3O/c28-19-21-7-9-22(10-8-21)26-20-30-16-4-6-27(30)25-18-23(11-12-24(25)26)31-17-5-15-29-13-2-1-3-14-29/h7-12,18,26-27H,1-6,13-17,20H2/t26-,27-/m0/s1. The molecule has 2 saturated heterocycles. The van der Waals surface area contributed by atoms with E-state index in [2.05, 4.69) is 46.2 Å². The van der Waals surface area contributed by atoms with Gasteiger partial charge in [-0.1, -0.05) is 24.6 Å². The molecule has 4 nitrogen and oxygen atoms in total. The van der Waals surface area contributed by atoms with Crippen LogP contribution in [-0.2, 0) is 0 Å². The molecule has 5 rings (SSSR count). The average molecular weight is 416 g/mol. The lowest BCUT2D eigenvalue weighted by Gasteiger charge is -2.37. The number of hydrogen-bond donors (Lipinski definition) is 0. The smallest absolute Gasteiger partial charge is 0.119 e. The molecule has 2 fully saturated rings. The highest BCUT2D eigenvalue weighted by Crippen LogP contribution is 2.45. The highest BCUT2D eigenvalue weighted by molar-refractivity contribution is 5.47. The van der Waals surface area contributed by atoms with Crippen LogP contribution in [0.15, 0.2) is 42.5 Å². The largest absolute Gasteiger partial charge is 0.494 e. The van der Waals surface area contributed by atoms with Crippen molar-refractivity contribution in [3.8, 4) is 11.8 Å². The number of benzene rings is 2. The molecule has 0 saturated carbocycles. The Morgan fingerprint density at radius 1 is 0.935 bits per heavy atom. The van der Waals surface area contributed by atoms with Gasteiger partial charge >= 0.3 is 0 Å². The van der Waals surface area contributed by atoms with Gasteiger partial charge in [0.05, 0.1) is 18.2 Å². The van der Waals surface area contributed by atoms with Crippen LogP contribution in [0.25, 0.3) is 0 Å². The summed E-state index contributed by atoms with van der Waals surface area (Å²) < 4.78 is 6.20. The molecule has 0 radical (unpaired) electrons. The van der Waals surface area contributed by atoms with E-state index < -0.39 is 0 Å². The molecular weight excluding hydrogens is 382 g/mol. The predicted octanol–water partition coefficient (Wildman–Crippen LogP) is 5.10. The number of nitriles is 1. The maximum Gasteiger partial charge on any atom is 0.119 e. The second-order valence-electron chi connectivity index (χ2n) is 9.33. The maximum absolute atomic E-state index is 9.14. The van der Waals surface area contributed by atoms with Crippen molar-refractivity contribution < 1.29 is 4.74 Å². The first kappa shape index (κ1) is 20.5. The summed E-state index contributed by atoms with van der Waals surface area (Å²) >= 11 is 0. The first-order chi connectivity index (χ1) is 15.3. The summed E-state index contributed by atoms with van der Waals surface area (Å²) in [7, 11) is 0. The zero-order chi connectivity index (χ0) is 21.0. The number of rotatable bonds is 6.